The summed E-state index contributed by atoms with van der Waals surface area (Å²) in [6.07, 6.45) is 0.782. The zero-order valence-corrected chi connectivity index (χ0v) is 4.02. The summed E-state index contributed by atoms with van der Waals surface area (Å²) in [5.74, 6) is 0. The predicted molar refractivity (Wildman–Crippen MR) is 21.5 cm³/mol. The van der Waals surface area contributed by atoms with Gasteiger partial charge in [0.25, 0.3) is 6.17 Å². The van der Waals surface area contributed by atoms with Gasteiger partial charge in [0.1, 0.15) is 6.54 Å². The molecule has 0 amide bonds. The minimum atomic E-state index is 0.782. The lowest BCUT2D eigenvalue weighted by Gasteiger charge is -1.90. The van der Waals surface area contributed by atoms with E-state index in [9.17, 15) is 0 Å². The molecule has 2 heterocycles. The summed E-state index contributed by atoms with van der Waals surface area (Å²) < 4.78 is 1.29. The van der Waals surface area contributed by atoms with Gasteiger partial charge in [0.2, 0.25) is 6.04 Å². The first kappa shape index (κ1) is 2.99. The van der Waals surface area contributed by atoms with Gasteiger partial charge in [-0.25, -0.2) is 4.48 Å². The Morgan fingerprint density at radius 3 is 2.17 bits per heavy atom. The first-order valence-electron chi connectivity index (χ1n) is 2.43. The van der Waals surface area contributed by atoms with Crippen LogP contribution >= 0.6 is 0 Å². The van der Waals surface area contributed by atoms with Crippen LogP contribution in [0.25, 0.3) is 0 Å². The Morgan fingerprint density at radius 2 is 2.17 bits per heavy atom. The monoisotopic (exact) mass is 86.1 g/mol. The molecule has 2 rings (SSSR count). The second-order valence-electron chi connectivity index (χ2n) is 2.66. The number of likely N-dealkylation sites (N-methyl/N-ethyl adjacent to an activating group) is 1. The van der Waals surface area contributed by atoms with Crippen molar-refractivity contribution in [3.05, 3.63) is 0 Å². The van der Waals surface area contributed by atoms with Crippen molar-refractivity contribution in [3.63, 3.8) is 0 Å². The molecule has 0 saturated carbocycles. The van der Waals surface area contributed by atoms with Crippen LogP contribution in [0.1, 0.15) is 0 Å². The molecule has 2 saturated heterocycles. The Labute approximate surface area is 37.1 Å². The molecule has 0 radical (unpaired) electrons. The van der Waals surface area contributed by atoms with E-state index in [0.29, 0.717) is 0 Å². The van der Waals surface area contributed by atoms with Crippen molar-refractivity contribution in [2.24, 2.45) is 0 Å². The van der Waals surface area contributed by atoms with Crippen molar-refractivity contribution >= 4 is 0 Å². The molecule has 6 heavy (non-hydrogen) atoms. The van der Waals surface area contributed by atoms with Gasteiger partial charge in [-0.15, -0.1) is 0 Å². The normalized spacial score (nSPS) is 73.0. The van der Waals surface area contributed by atoms with Crippen LogP contribution in [-0.4, -0.2) is 30.3 Å². The number of quaternary nitrogens is 2. The molecule has 0 aromatic heterocycles. The summed E-state index contributed by atoms with van der Waals surface area (Å²) in [6.45, 7) is 1.41. The lowest BCUT2D eigenvalue weighted by Crippen LogP contribution is -2.61. The number of fused-ring (bicyclic) bond motifs is 1. The highest BCUT2D eigenvalue weighted by molar-refractivity contribution is 4.91. The molecule has 2 fully saturated rings. The first-order valence-corrected chi connectivity index (χ1v) is 2.43. The van der Waals surface area contributed by atoms with Gasteiger partial charge in [-0.05, 0) is 0 Å². The molecule has 3 unspecified atom stereocenters. The molecule has 0 spiro atoms. The topological polar surface area (TPSA) is 27.6 Å². The first-order chi connectivity index (χ1) is 2.75. The van der Waals surface area contributed by atoms with Crippen LogP contribution < -0.4 is 5.73 Å². The molecule has 3 atom stereocenters. The largest absolute Gasteiger partial charge is 0.303 e. The van der Waals surface area contributed by atoms with Crippen LogP contribution in [0.3, 0.4) is 0 Å². The lowest BCUT2D eigenvalue weighted by atomic mass is 10.5. The van der Waals surface area contributed by atoms with Crippen molar-refractivity contribution in [3.8, 4) is 0 Å². The van der Waals surface area contributed by atoms with Crippen molar-refractivity contribution in [1.29, 1.82) is 0 Å². The van der Waals surface area contributed by atoms with E-state index in [1.54, 1.807) is 0 Å². The van der Waals surface area contributed by atoms with Crippen LogP contribution in [-0.2, 0) is 0 Å². The molecular weight excluding hydrogens is 76.1 g/mol. The fraction of sp³-hybridized carbons (Fsp3) is 1.00. The fourth-order valence-corrected chi connectivity index (χ4v) is 1.14. The highest BCUT2D eigenvalue weighted by atomic mass is 15.7. The Balaban J connectivity index is 2.23. The van der Waals surface area contributed by atoms with E-state index in [0.717, 1.165) is 12.2 Å². The van der Waals surface area contributed by atoms with Gasteiger partial charge in [0, 0.05) is 0 Å². The molecule has 2 nitrogen and oxygen atoms in total. The van der Waals surface area contributed by atoms with Crippen molar-refractivity contribution in [1.82, 2.24) is 0 Å². The molecule has 3 N–H and O–H groups in total. The summed E-state index contributed by atoms with van der Waals surface area (Å²) >= 11 is 0. The Kier molecular flexibility index (Phi) is 0.226. The SMILES string of the molecule is C[N+]12CC1C2[NH3+]. The zero-order valence-electron chi connectivity index (χ0n) is 4.02. The molecule has 34 valence electrons. The van der Waals surface area contributed by atoms with E-state index >= 15 is 0 Å². The maximum absolute atomic E-state index is 3.92. The minimum Gasteiger partial charge on any atom is -0.303 e. The van der Waals surface area contributed by atoms with Crippen molar-refractivity contribution in [2.75, 3.05) is 13.6 Å². The third-order valence-corrected chi connectivity index (χ3v) is 2.32. The van der Waals surface area contributed by atoms with Gasteiger partial charge in [-0.2, -0.15) is 0 Å². The van der Waals surface area contributed by atoms with E-state index < -0.39 is 0 Å². The smallest absolute Gasteiger partial charge is 0.271 e. The number of nitrogens with zero attached hydrogens (tertiary/aromatic N) is 1. The van der Waals surface area contributed by atoms with Crippen LogP contribution in [0.15, 0.2) is 0 Å². The van der Waals surface area contributed by atoms with Crippen LogP contribution in [0.5, 0.6) is 0 Å². The average Bonchev–Trinajstić information content (AvgIpc) is 2.24. The summed E-state index contributed by atoms with van der Waals surface area (Å²) in [7, 11) is 2.27. The third kappa shape index (κ3) is 0.117. The molecule has 0 aromatic carbocycles. The fourth-order valence-electron chi connectivity index (χ4n) is 1.14. The van der Waals surface area contributed by atoms with E-state index in [1.165, 1.54) is 11.0 Å². The minimum absolute atomic E-state index is 0.782. The molecule has 2 aliphatic heterocycles. The number of hydrogen-bond donors (Lipinski definition) is 1. The van der Waals surface area contributed by atoms with Gasteiger partial charge >= 0.3 is 0 Å². The standard InChI is InChI=1S/C4H9N2/c1-6-2-3(6)4(6)5/h3-4H,2,5H2,1H3/q+1/p+1. The van der Waals surface area contributed by atoms with E-state index in [2.05, 4.69) is 12.8 Å². The second-order valence-corrected chi connectivity index (χ2v) is 2.66. The lowest BCUT2D eigenvalue weighted by molar-refractivity contribution is -0.780. The quantitative estimate of drug-likeness (QED) is 0.271. The Bertz CT molecular complexity index is 95.7. The highest BCUT2D eigenvalue weighted by Crippen LogP contribution is 2.48. The molecule has 0 aromatic rings. The second kappa shape index (κ2) is 0.453. The van der Waals surface area contributed by atoms with Gasteiger partial charge in [0.15, 0.2) is 0 Å². The van der Waals surface area contributed by atoms with Gasteiger partial charge < -0.3 is 5.73 Å². The average molecular weight is 86.1 g/mol. The van der Waals surface area contributed by atoms with Crippen LogP contribution in [0.2, 0.25) is 0 Å². The summed E-state index contributed by atoms with van der Waals surface area (Å²) in [5, 5.41) is 0. The summed E-state index contributed by atoms with van der Waals surface area (Å²) in [6, 6.07) is 0.991. The van der Waals surface area contributed by atoms with Crippen LogP contribution in [0, 0.1) is 0 Å². The highest BCUT2D eigenvalue weighted by Gasteiger charge is 2.83. The van der Waals surface area contributed by atoms with E-state index in [-0.39, 0.29) is 0 Å². The Hall–Kier alpha value is -0.0800. The molecule has 0 bridgehead atoms. The maximum Gasteiger partial charge on any atom is 0.271 e. The third-order valence-electron chi connectivity index (χ3n) is 2.32. The molecule has 2 aliphatic rings. The van der Waals surface area contributed by atoms with Gasteiger partial charge in [-0.1, -0.05) is 0 Å². The molecule has 0 aliphatic carbocycles. The van der Waals surface area contributed by atoms with Crippen molar-refractivity contribution < 1.29 is 10.2 Å². The van der Waals surface area contributed by atoms with Gasteiger partial charge in [0.05, 0.1) is 7.05 Å². The van der Waals surface area contributed by atoms with Gasteiger partial charge in [-0.3, -0.25) is 0 Å². The molecule has 2 heteroatoms. The van der Waals surface area contributed by atoms with Crippen LogP contribution in [0.4, 0.5) is 0 Å². The van der Waals surface area contributed by atoms with E-state index in [4.69, 9.17) is 0 Å². The summed E-state index contributed by atoms with van der Waals surface area (Å²) in [5.41, 5.74) is 3.92. The molecular formula is C4H10N2+2. The van der Waals surface area contributed by atoms with Crippen molar-refractivity contribution in [2.45, 2.75) is 12.2 Å². The number of rotatable bonds is 0. The number of hydrogen-bond acceptors (Lipinski definition) is 0. The summed E-state index contributed by atoms with van der Waals surface area (Å²) in [4.78, 5) is 0. The zero-order chi connectivity index (χ0) is 4.36. The maximum atomic E-state index is 3.92. The Morgan fingerprint density at radius 1 is 1.83 bits per heavy atom. The predicted octanol–water partition coefficient (Wildman–Crippen LogP) is -1.60. The van der Waals surface area contributed by atoms with E-state index in [1.807, 2.05) is 0 Å².